The predicted molar refractivity (Wildman–Crippen MR) is 108 cm³/mol. The zero-order valence-corrected chi connectivity index (χ0v) is 15.3. The molecule has 0 aliphatic carbocycles. The quantitative estimate of drug-likeness (QED) is 0.379. The van der Waals surface area contributed by atoms with Crippen LogP contribution in [0, 0.1) is 6.92 Å². The van der Waals surface area contributed by atoms with Gasteiger partial charge >= 0.3 is 0 Å². The summed E-state index contributed by atoms with van der Waals surface area (Å²) in [6, 6.07) is 26.8. The van der Waals surface area contributed by atoms with E-state index in [9.17, 15) is 0 Å². The van der Waals surface area contributed by atoms with E-state index in [4.69, 9.17) is 16.6 Å². The summed E-state index contributed by atoms with van der Waals surface area (Å²) in [5, 5.41) is 1.78. The maximum atomic E-state index is 6.06. The predicted octanol–water partition coefficient (Wildman–Crippen LogP) is 7.11. The molecule has 0 unspecified atom stereocenters. The average molecular weight is 362 g/mol. The van der Waals surface area contributed by atoms with Crippen molar-refractivity contribution in [2.45, 2.75) is 6.92 Å². The Labute approximate surface area is 156 Å². The fraction of sp³-hybridized carbons (Fsp3) is 0.0455. The topological polar surface area (TPSA) is 12.9 Å². The second-order valence-corrected chi connectivity index (χ2v) is 7.37. The van der Waals surface area contributed by atoms with Crippen LogP contribution in [0.5, 0.6) is 0 Å². The molecule has 0 radical (unpaired) electrons. The standard InChI is InChI=1S/C22H16ClNS/c1-15-6-5-9-18(14-15)22-24-20(16-7-3-2-4-8-16)21(25-22)17-10-12-19(23)13-11-17/h2-14H,1H3. The van der Waals surface area contributed by atoms with Gasteiger partial charge in [-0.15, -0.1) is 11.3 Å². The highest BCUT2D eigenvalue weighted by Crippen LogP contribution is 2.40. The Kier molecular flexibility index (Phi) is 4.39. The minimum atomic E-state index is 0.744. The van der Waals surface area contributed by atoms with Crippen molar-refractivity contribution < 1.29 is 0 Å². The summed E-state index contributed by atoms with van der Waals surface area (Å²) in [5.41, 5.74) is 5.68. The van der Waals surface area contributed by atoms with Gasteiger partial charge in [-0.2, -0.15) is 0 Å². The molecule has 0 fully saturated rings. The zero-order valence-electron chi connectivity index (χ0n) is 13.7. The number of halogens is 1. The van der Waals surface area contributed by atoms with Gasteiger partial charge in [0.25, 0.3) is 0 Å². The summed E-state index contributed by atoms with van der Waals surface area (Å²) >= 11 is 7.78. The van der Waals surface area contributed by atoms with E-state index in [1.165, 1.54) is 10.4 Å². The normalized spacial score (nSPS) is 10.8. The van der Waals surface area contributed by atoms with Crippen LogP contribution in [0.4, 0.5) is 0 Å². The molecular weight excluding hydrogens is 346 g/mol. The summed E-state index contributed by atoms with van der Waals surface area (Å²) in [5.74, 6) is 0. The molecule has 0 amide bonds. The van der Waals surface area contributed by atoms with Crippen LogP contribution in [0.1, 0.15) is 5.56 Å². The van der Waals surface area contributed by atoms with Crippen LogP contribution >= 0.6 is 22.9 Å². The van der Waals surface area contributed by atoms with Crippen LogP contribution in [0.2, 0.25) is 5.02 Å². The summed E-state index contributed by atoms with van der Waals surface area (Å²) in [6.45, 7) is 2.11. The molecule has 4 aromatic rings. The number of aromatic nitrogens is 1. The molecule has 0 atom stereocenters. The van der Waals surface area contributed by atoms with Crippen LogP contribution in [0.15, 0.2) is 78.9 Å². The van der Waals surface area contributed by atoms with Gasteiger partial charge in [-0.1, -0.05) is 77.8 Å². The first-order valence-electron chi connectivity index (χ1n) is 8.10. The largest absolute Gasteiger partial charge is 0.235 e. The molecule has 0 aliphatic heterocycles. The first-order valence-corrected chi connectivity index (χ1v) is 9.29. The van der Waals surface area contributed by atoms with Crippen LogP contribution in [-0.2, 0) is 0 Å². The van der Waals surface area contributed by atoms with Crippen molar-refractivity contribution in [3.8, 4) is 32.3 Å². The van der Waals surface area contributed by atoms with E-state index in [2.05, 4.69) is 55.5 Å². The van der Waals surface area contributed by atoms with Crippen LogP contribution in [0.25, 0.3) is 32.3 Å². The van der Waals surface area contributed by atoms with Gasteiger partial charge in [-0.25, -0.2) is 4.98 Å². The van der Waals surface area contributed by atoms with Crippen molar-refractivity contribution in [2.24, 2.45) is 0 Å². The highest BCUT2D eigenvalue weighted by Gasteiger charge is 2.16. The third kappa shape index (κ3) is 3.37. The second-order valence-electron chi connectivity index (χ2n) is 5.94. The second kappa shape index (κ2) is 6.83. The summed E-state index contributed by atoms with van der Waals surface area (Å²) in [6.07, 6.45) is 0. The minimum Gasteiger partial charge on any atom is -0.235 e. The van der Waals surface area contributed by atoms with Crippen molar-refractivity contribution in [2.75, 3.05) is 0 Å². The maximum absolute atomic E-state index is 6.06. The third-order valence-corrected chi connectivity index (χ3v) is 5.45. The van der Waals surface area contributed by atoms with E-state index in [0.717, 1.165) is 32.4 Å². The van der Waals surface area contributed by atoms with Crippen molar-refractivity contribution >= 4 is 22.9 Å². The lowest BCUT2D eigenvalue weighted by Crippen LogP contribution is -1.82. The van der Waals surface area contributed by atoms with E-state index in [1.54, 1.807) is 11.3 Å². The zero-order chi connectivity index (χ0) is 17.2. The van der Waals surface area contributed by atoms with E-state index in [-0.39, 0.29) is 0 Å². The fourth-order valence-corrected chi connectivity index (χ4v) is 4.03. The molecule has 0 saturated carbocycles. The van der Waals surface area contributed by atoms with E-state index < -0.39 is 0 Å². The molecule has 1 heterocycles. The highest BCUT2D eigenvalue weighted by molar-refractivity contribution is 7.19. The minimum absolute atomic E-state index is 0.744. The van der Waals surface area contributed by atoms with Crippen LogP contribution in [-0.4, -0.2) is 4.98 Å². The number of rotatable bonds is 3. The van der Waals surface area contributed by atoms with Gasteiger partial charge in [0, 0.05) is 16.1 Å². The Morgan fingerprint density at radius 3 is 2.20 bits per heavy atom. The van der Waals surface area contributed by atoms with Crippen molar-refractivity contribution in [1.29, 1.82) is 0 Å². The van der Waals surface area contributed by atoms with Gasteiger partial charge in [0.2, 0.25) is 0 Å². The highest BCUT2D eigenvalue weighted by atomic mass is 35.5. The maximum Gasteiger partial charge on any atom is 0.124 e. The summed E-state index contributed by atoms with van der Waals surface area (Å²) in [4.78, 5) is 6.14. The molecule has 1 nitrogen and oxygen atoms in total. The first kappa shape index (κ1) is 16.1. The van der Waals surface area contributed by atoms with Crippen LogP contribution < -0.4 is 0 Å². The number of hydrogen-bond donors (Lipinski definition) is 0. The smallest absolute Gasteiger partial charge is 0.124 e. The SMILES string of the molecule is Cc1cccc(-c2nc(-c3ccccc3)c(-c3ccc(Cl)cc3)s2)c1. The molecule has 122 valence electrons. The Morgan fingerprint density at radius 1 is 0.760 bits per heavy atom. The molecule has 0 saturated heterocycles. The fourth-order valence-electron chi connectivity index (χ4n) is 2.81. The lowest BCUT2D eigenvalue weighted by molar-refractivity contribution is 1.39. The summed E-state index contributed by atoms with van der Waals surface area (Å²) < 4.78 is 0. The Morgan fingerprint density at radius 2 is 1.48 bits per heavy atom. The van der Waals surface area contributed by atoms with Gasteiger partial charge in [0.1, 0.15) is 5.01 Å². The molecule has 0 N–H and O–H groups in total. The summed E-state index contributed by atoms with van der Waals surface area (Å²) in [7, 11) is 0. The number of benzene rings is 3. The molecule has 25 heavy (non-hydrogen) atoms. The van der Waals surface area contributed by atoms with Crippen LogP contribution in [0.3, 0.4) is 0 Å². The monoisotopic (exact) mass is 361 g/mol. The number of aryl methyl sites for hydroxylation is 1. The van der Waals surface area contributed by atoms with Gasteiger partial charge in [0.15, 0.2) is 0 Å². The Balaban J connectivity index is 1.90. The lowest BCUT2D eigenvalue weighted by atomic mass is 10.1. The molecule has 3 aromatic carbocycles. The van der Waals surface area contributed by atoms with Gasteiger partial charge in [0.05, 0.1) is 10.6 Å². The molecular formula is C22H16ClNS. The van der Waals surface area contributed by atoms with Gasteiger partial charge < -0.3 is 0 Å². The van der Waals surface area contributed by atoms with E-state index in [0.29, 0.717) is 0 Å². The molecule has 1 aromatic heterocycles. The van der Waals surface area contributed by atoms with E-state index >= 15 is 0 Å². The molecule has 0 spiro atoms. The van der Waals surface area contributed by atoms with Crippen molar-refractivity contribution in [1.82, 2.24) is 4.98 Å². The average Bonchev–Trinajstić information content (AvgIpc) is 3.08. The Bertz CT molecular complexity index is 1000. The van der Waals surface area contributed by atoms with Gasteiger partial charge in [-0.3, -0.25) is 0 Å². The molecule has 0 aliphatic rings. The third-order valence-electron chi connectivity index (χ3n) is 4.05. The molecule has 3 heteroatoms. The van der Waals surface area contributed by atoms with E-state index in [1.807, 2.05) is 30.3 Å². The number of nitrogens with zero attached hydrogens (tertiary/aromatic N) is 1. The first-order chi connectivity index (χ1) is 12.2. The molecule has 0 bridgehead atoms. The molecule has 4 rings (SSSR count). The van der Waals surface area contributed by atoms with Gasteiger partial charge in [-0.05, 0) is 30.7 Å². The number of thiazole rings is 1. The lowest BCUT2D eigenvalue weighted by Gasteiger charge is -2.02. The van der Waals surface area contributed by atoms with Crippen molar-refractivity contribution in [3.05, 3.63) is 89.4 Å². The Hall–Kier alpha value is -2.42. The van der Waals surface area contributed by atoms with Crippen molar-refractivity contribution in [3.63, 3.8) is 0 Å². The number of hydrogen-bond acceptors (Lipinski definition) is 2.